The first kappa shape index (κ1) is 16.7. The van der Waals surface area contributed by atoms with Gasteiger partial charge in [0.1, 0.15) is 5.82 Å². The molecule has 0 amide bonds. The zero-order valence-corrected chi connectivity index (χ0v) is 15.5. The summed E-state index contributed by atoms with van der Waals surface area (Å²) >= 11 is 7.20. The van der Waals surface area contributed by atoms with Crippen molar-refractivity contribution in [3.8, 4) is 0 Å². The summed E-state index contributed by atoms with van der Waals surface area (Å²) in [7, 11) is 0. The van der Waals surface area contributed by atoms with E-state index in [0.29, 0.717) is 10.7 Å². The third-order valence-electron chi connectivity index (χ3n) is 3.78. The third-order valence-corrected chi connectivity index (χ3v) is 5.93. The summed E-state index contributed by atoms with van der Waals surface area (Å²) in [5.41, 5.74) is 4.21. The fourth-order valence-corrected chi connectivity index (χ4v) is 4.75. The molecule has 3 heteroatoms. The Bertz CT molecular complexity index is 598. The molecule has 0 radical (unpaired) electrons. The normalized spacial score (nSPS) is 11.7. The lowest BCUT2D eigenvalue weighted by molar-refractivity contribution is 0.501. The van der Waals surface area contributed by atoms with Crippen LogP contribution in [0.1, 0.15) is 22.3 Å². The molecule has 0 unspecified atom stereocenters. The van der Waals surface area contributed by atoms with Crippen molar-refractivity contribution < 1.29 is 4.39 Å². The van der Waals surface area contributed by atoms with Gasteiger partial charge in [-0.3, -0.25) is 0 Å². The molecule has 0 atom stereocenters. The molecule has 0 N–H and O–H groups in total. The fourth-order valence-electron chi connectivity index (χ4n) is 2.82. The van der Waals surface area contributed by atoms with Crippen molar-refractivity contribution in [2.75, 3.05) is 10.7 Å². The van der Waals surface area contributed by atoms with Crippen LogP contribution in [0.15, 0.2) is 42.5 Å². The van der Waals surface area contributed by atoms with Crippen molar-refractivity contribution in [3.05, 3.63) is 70.5 Å². The second kappa shape index (κ2) is 7.06. The Morgan fingerprint density at radius 3 is 2.05 bits per heavy atom. The molecule has 0 aliphatic rings. The first-order valence-corrected chi connectivity index (χ1v) is 9.19. The van der Waals surface area contributed by atoms with Crippen LogP contribution in [-0.4, -0.2) is 10.7 Å². The van der Waals surface area contributed by atoms with Crippen LogP contribution < -0.4 is 0 Å². The standard InChI is InChI=1S/C18H19Br2F/c1-13-7-14(2)9-15(8-13)10-18(11-19,12-20)16-5-3-4-6-17(16)21/h3-9H,10-12H2,1-2H3. The quantitative estimate of drug-likeness (QED) is 0.550. The zero-order valence-electron chi connectivity index (χ0n) is 12.3. The van der Waals surface area contributed by atoms with E-state index in [1.807, 2.05) is 12.1 Å². The molecule has 112 valence electrons. The van der Waals surface area contributed by atoms with Crippen LogP contribution in [0.25, 0.3) is 0 Å². The zero-order chi connectivity index (χ0) is 15.5. The molecule has 0 aromatic heterocycles. The molecule has 0 saturated carbocycles. The second-order valence-corrected chi connectivity index (χ2v) is 6.82. The van der Waals surface area contributed by atoms with E-state index < -0.39 is 0 Å². The highest BCUT2D eigenvalue weighted by molar-refractivity contribution is 9.09. The first-order valence-electron chi connectivity index (χ1n) is 6.95. The van der Waals surface area contributed by atoms with Crippen LogP contribution in [0.5, 0.6) is 0 Å². The predicted molar refractivity (Wildman–Crippen MR) is 95.3 cm³/mol. The Morgan fingerprint density at radius 1 is 0.952 bits per heavy atom. The molecule has 0 saturated heterocycles. The number of benzene rings is 2. The van der Waals surface area contributed by atoms with Crippen LogP contribution >= 0.6 is 31.9 Å². The van der Waals surface area contributed by atoms with Gasteiger partial charge in [0.15, 0.2) is 0 Å². The van der Waals surface area contributed by atoms with E-state index in [2.05, 4.69) is 63.9 Å². The monoisotopic (exact) mass is 412 g/mol. The average molecular weight is 414 g/mol. The Kier molecular flexibility index (Phi) is 5.61. The topological polar surface area (TPSA) is 0 Å². The lowest BCUT2D eigenvalue weighted by Crippen LogP contribution is -2.34. The van der Waals surface area contributed by atoms with Crippen LogP contribution in [0.3, 0.4) is 0 Å². The molecule has 0 heterocycles. The Morgan fingerprint density at radius 2 is 1.52 bits per heavy atom. The van der Waals surface area contributed by atoms with E-state index in [1.165, 1.54) is 22.8 Å². The van der Waals surface area contributed by atoms with Crippen molar-refractivity contribution in [2.24, 2.45) is 0 Å². The van der Waals surface area contributed by atoms with Crippen LogP contribution in [0.4, 0.5) is 4.39 Å². The van der Waals surface area contributed by atoms with E-state index in [4.69, 9.17) is 0 Å². The van der Waals surface area contributed by atoms with Crippen LogP contribution in [0.2, 0.25) is 0 Å². The highest BCUT2D eigenvalue weighted by Crippen LogP contribution is 2.34. The molecular weight excluding hydrogens is 395 g/mol. The molecule has 2 aromatic rings. The summed E-state index contributed by atoms with van der Waals surface area (Å²) in [5, 5.41) is 1.42. The molecule has 0 spiro atoms. The number of hydrogen-bond acceptors (Lipinski definition) is 0. The molecular formula is C18H19Br2F. The Balaban J connectivity index is 2.45. The van der Waals surface area contributed by atoms with E-state index in [-0.39, 0.29) is 11.2 Å². The van der Waals surface area contributed by atoms with Gasteiger partial charge in [-0.25, -0.2) is 4.39 Å². The fraction of sp³-hybridized carbons (Fsp3) is 0.333. The van der Waals surface area contributed by atoms with Gasteiger partial charge < -0.3 is 0 Å². The average Bonchev–Trinajstić information content (AvgIpc) is 2.44. The molecule has 0 aliphatic carbocycles. The smallest absolute Gasteiger partial charge is 0.127 e. The maximum atomic E-state index is 14.3. The SMILES string of the molecule is Cc1cc(C)cc(CC(CBr)(CBr)c2ccccc2F)c1. The Labute approximate surface area is 143 Å². The van der Waals surface area contributed by atoms with E-state index >= 15 is 0 Å². The minimum Gasteiger partial charge on any atom is -0.207 e. The Hall–Kier alpha value is -0.670. The van der Waals surface area contributed by atoms with Gasteiger partial charge >= 0.3 is 0 Å². The van der Waals surface area contributed by atoms with E-state index in [0.717, 1.165) is 12.0 Å². The highest BCUT2D eigenvalue weighted by atomic mass is 79.9. The van der Waals surface area contributed by atoms with Gasteiger partial charge in [-0.2, -0.15) is 0 Å². The minimum atomic E-state index is -0.286. The number of alkyl halides is 2. The van der Waals surface area contributed by atoms with Crippen molar-refractivity contribution in [1.82, 2.24) is 0 Å². The number of halogens is 3. The summed E-state index contributed by atoms with van der Waals surface area (Å²) in [4.78, 5) is 0. The van der Waals surface area contributed by atoms with Gasteiger partial charge in [0, 0.05) is 16.1 Å². The maximum Gasteiger partial charge on any atom is 0.127 e. The minimum absolute atomic E-state index is 0.138. The molecule has 2 rings (SSSR count). The van der Waals surface area contributed by atoms with Crippen LogP contribution in [-0.2, 0) is 11.8 Å². The van der Waals surface area contributed by atoms with E-state index in [1.54, 1.807) is 6.07 Å². The number of aryl methyl sites for hydroxylation is 2. The van der Waals surface area contributed by atoms with Gasteiger partial charge in [0.2, 0.25) is 0 Å². The van der Waals surface area contributed by atoms with Gasteiger partial charge in [-0.1, -0.05) is 79.4 Å². The number of hydrogen-bond donors (Lipinski definition) is 0. The summed E-state index contributed by atoms with van der Waals surface area (Å²) in [6.07, 6.45) is 0.799. The summed E-state index contributed by atoms with van der Waals surface area (Å²) < 4.78 is 14.3. The van der Waals surface area contributed by atoms with Crippen LogP contribution in [0, 0.1) is 19.7 Å². The summed E-state index contributed by atoms with van der Waals surface area (Å²) in [5.74, 6) is -0.138. The third kappa shape index (κ3) is 3.75. The van der Waals surface area contributed by atoms with Gasteiger partial charge in [0.05, 0.1) is 0 Å². The van der Waals surface area contributed by atoms with Gasteiger partial charge in [0.25, 0.3) is 0 Å². The predicted octanol–water partition coefficient (Wildman–Crippen LogP) is 5.71. The van der Waals surface area contributed by atoms with Crippen molar-refractivity contribution in [1.29, 1.82) is 0 Å². The van der Waals surface area contributed by atoms with Crippen molar-refractivity contribution >= 4 is 31.9 Å². The summed E-state index contributed by atoms with van der Waals surface area (Å²) in [6.45, 7) is 4.20. The maximum absolute atomic E-state index is 14.3. The molecule has 0 aliphatic heterocycles. The van der Waals surface area contributed by atoms with E-state index in [9.17, 15) is 4.39 Å². The molecule has 0 nitrogen and oxygen atoms in total. The van der Waals surface area contributed by atoms with Gasteiger partial charge in [-0.15, -0.1) is 0 Å². The number of rotatable bonds is 5. The largest absolute Gasteiger partial charge is 0.207 e. The first-order chi connectivity index (χ1) is 10.0. The van der Waals surface area contributed by atoms with Crippen molar-refractivity contribution in [2.45, 2.75) is 25.7 Å². The molecule has 2 aromatic carbocycles. The molecule has 0 fully saturated rings. The lowest BCUT2D eigenvalue weighted by Gasteiger charge is -2.31. The van der Waals surface area contributed by atoms with Gasteiger partial charge in [-0.05, 0) is 37.5 Å². The summed E-state index contributed by atoms with van der Waals surface area (Å²) in [6, 6.07) is 13.6. The second-order valence-electron chi connectivity index (χ2n) is 5.70. The molecule has 21 heavy (non-hydrogen) atoms. The lowest BCUT2D eigenvalue weighted by atomic mass is 9.78. The highest BCUT2D eigenvalue weighted by Gasteiger charge is 2.33. The molecule has 0 bridgehead atoms. The van der Waals surface area contributed by atoms with Crippen molar-refractivity contribution in [3.63, 3.8) is 0 Å².